The number of likely N-dealkylation sites (tertiary alicyclic amines) is 1. The van der Waals surface area contributed by atoms with Gasteiger partial charge in [0.15, 0.2) is 0 Å². The van der Waals surface area contributed by atoms with E-state index in [0.29, 0.717) is 24.6 Å². The molecule has 0 radical (unpaired) electrons. The summed E-state index contributed by atoms with van der Waals surface area (Å²) in [6.07, 6.45) is 3.37. The molecular weight excluding hydrogens is 318 g/mol. The van der Waals surface area contributed by atoms with E-state index in [-0.39, 0.29) is 24.0 Å². The Labute approximate surface area is 146 Å². The fourth-order valence-corrected chi connectivity index (χ4v) is 3.90. The molecule has 6 heteroatoms. The molecule has 1 saturated heterocycles. The number of nitrogens with one attached hydrogen (secondary N) is 2. The van der Waals surface area contributed by atoms with Gasteiger partial charge in [-0.15, -0.1) is 0 Å². The zero-order valence-electron chi connectivity index (χ0n) is 13.9. The quantitative estimate of drug-likeness (QED) is 0.898. The average Bonchev–Trinajstić information content (AvgIpc) is 3.37. The number of nitrogens with zero attached hydrogens (tertiary/aromatic N) is 1. The standard InChI is InChI=1S/C19H21N3O3/c23-18(13-5-2-1-3-6-13)21-17-10-15-9-14(17)12-22(15)19(24)20-11-16-7-4-8-25-16/h1-8,14-15,17H,9-12H2,(H,20,24)(H,21,23)/t14-,15-,17-/m0/s1. The lowest BCUT2D eigenvalue weighted by molar-refractivity contribution is 0.0913. The van der Waals surface area contributed by atoms with Crippen molar-refractivity contribution in [2.45, 2.75) is 31.5 Å². The molecule has 2 N–H and O–H groups in total. The van der Waals surface area contributed by atoms with E-state index in [1.165, 1.54) is 0 Å². The van der Waals surface area contributed by atoms with Gasteiger partial charge in [-0.2, -0.15) is 0 Å². The summed E-state index contributed by atoms with van der Waals surface area (Å²) in [7, 11) is 0. The van der Waals surface area contributed by atoms with E-state index in [1.54, 1.807) is 12.3 Å². The van der Waals surface area contributed by atoms with Gasteiger partial charge in [0.05, 0.1) is 12.8 Å². The van der Waals surface area contributed by atoms with Gasteiger partial charge in [0, 0.05) is 24.2 Å². The van der Waals surface area contributed by atoms with Gasteiger partial charge in [-0.3, -0.25) is 4.79 Å². The first-order chi connectivity index (χ1) is 12.2. The van der Waals surface area contributed by atoms with Gasteiger partial charge < -0.3 is 20.0 Å². The van der Waals surface area contributed by atoms with E-state index >= 15 is 0 Å². The molecule has 2 aromatic rings. The van der Waals surface area contributed by atoms with Crippen molar-refractivity contribution in [3.05, 3.63) is 60.1 Å². The van der Waals surface area contributed by atoms with E-state index < -0.39 is 0 Å². The summed E-state index contributed by atoms with van der Waals surface area (Å²) >= 11 is 0. The van der Waals surface area contributed by atoms with Crippen LogP contribution in [0.15, 0.2) is 53.1 Å². The predicted octanol–water partition coefficient (Wildman–Crippen LogP) is 2.38. The van der Waals surface area contributed by atoms with E-state index in [2.05, 4.69) is 10.6 Å². The van der Waals surface area contributed by atoms with Crippen LogP contribution in [0.3, 0.4) is 0 Å². The van der Waals surface area contributed by atoms with Gasteiger partial charge in [-0.1, -0.05) is 18.2 Å². The number of rotatable bonds is 4. The van der Waals surface area contributed by atoms with Crippen molar-refractivity contribution < 1.29 is 14.0 Å². The number of benzene rings is 1. The third-order valence-electron chi connectivity index (χ3n) is 5.15. The molecular formula is C19H21N3O3. The molecule has 1 aliphatic heterocycles. The van der Waals surface area contributed by atoms with E-state index in [9.17, 15) is 9.59 Å². The monoisotopic (exact) mass is 339 g/mol. The Morgan fingerprint density at radius 3 is 2.64 bits per heavy atom. The highest BCUT2D eigenvalue weighted by Gasteiger charge is 2.46. The van der Waals surface area contributed by atoms with Crippen LogP contribution in [-0.2, 0) is 6.54 Å². The van der Waals surface area contributed by atoms with E-state index in [1.807, 2.05) is 41.3 Å². The molecule has 2 bridgehead atoms. The van der Waals surface area contributed by atoms with Crippen molar-refractivity contribution >= 4 is 11.9 Å². The second-order valence-corrected chi connectivity index (χ2v) is 6.72. The lowest BCUT2D eigenvalue weighted by Gasteiger charge is -2.32. The molecule has 3 atom stereocenters. The molecule has 2 heterocycles. The number of hydrogen-bond donors (Lipinski definition) is 2. The zero-order chi connectivity index (χ0) is 17.2. The molecule has 3 amide bonds. The Hall–Kier alpha value is -2.76. The van der Waals surface area contributed by atoms with Gasteiger partial charge in [-0.05, 0) is 43.0 Å². The zero-order valence-corrected chi connectivity index (χ0v) is 13.9. The third-order valence-corrected chi connectivity index (χ3v) is 5.15. The van der Waals surface area contributed by atoms with Crippen molar-refractivity contribution in [3.63, 3.8) is 0 Å². The smallest absolute Gasteiger partial charge is 0.318 e. The first-order valence-electron chi connectivity index (χ1n) is 8.63. The third kappa shape index (κ3) is 3.24. The van der Waals surface area contributed by atoms with Crippen LogP contribution in [0.2, 0.25) is 0 Å². The minimum atomic E-state index is -0.0586. The fraction of sp³-hybridized carbons (Fsp3) is 0.368. The molecule has 6 nitrogen and oxygen atoms in total. The lowest BCUT2D eigenvalue weighted by atomic mass is 10.0. The van der Waals surface area contributed by atoms with Gasteiger partial charge in [0.2, 0.25) is 0 Å². The summed E-state index contributed by atoms with van der Waals surface area (Å²) in [4.78, 5) is 26.6. The first-order valence-corrected chi connectivity index (χ1v) is 8.63. The minimum absolute atomic E-state index is 0.0352. The van der Waals surface area contributed by atoms with Crippen LogP contribution in [-0.4, -0.2) is 35.5 Å². The van der Waals surface area contributed by atoms with Crippen LogP contribution < -0.4 is 10.6 Å². The van der Waals surface area contributed by atoms with Crippen molar-refractivity contribution in [1.29, 1.82) is 0 Å². The van der Waals surface area contributed by atoms with Gasteiger partial charge >= 0.3 is 6.03 Å². The highest BCUT2D eigenvalue weighted by molar-refractivity contribution is 5.94. The molecule has 2 aliphatic rings. The van der Waals surface area contributed by atoms with Crippen molar-refractivity contribution in [1.82, 2.24) is 15.5 Å². The molecule has 2 fully saturated rings. The molecule has 1 aromatic carbocycles. The molecule has 130 valence electrons. The Kier molecular flexibility index (Phi) is 4.17. The Balaban J connectivity index is 1.30. The fourth-order valence-electron chi connectivity index (χ4n) is 3.90. The van der Waals surface area contributed by atoms with Crippen molar-refractivity contribution in [2.75, 3.05) is 6.54 Å². The first kappa shape index (κ1) is 15.7. The highest BCUT2D eigenvalue weighted by atomic mass is 16.3. The Bertz CT molecular complexity index is 745. The SMILES string of the molecule is O=C(N[C@H]1C[C@@H]2C[C@H]1CN2C(=O)NCc1ccco1)c1ccccc1. The Morgan fingerprint density at radius 2 is 1.96 bits per heavy atom. The van der Waals surface area contributed by atoms with E-state index in [4.69, 9.17) is 4.42 Å². The number of fused-ring (bicyclic) bond motifs is 2. The molecule has 25 heavy (non-hydrogen) atoms. The average molecular weight is 339 g/mol. The number of urea groups is 1. The number of piperidine rings is 1. The molecule has 1 aromatic heterocycles. The number of carbonyl (C=O) groups is 2. The molecule has 1 saturated carbocycles. The van der Waals surface area contributed by atoms with Crippen LogP contribution in [0.5, 0.6) is 0 Å². The number of amides is 3. The summed E-state index contributed by atoms with van der Waals surface area (Å²) in [6.45, 7) is 1.09. The van der Waals surface area contributed by atoms with Gasteiger partial charge in [-0.25, -0.2) is 4.79 Å². The van der Waals surface area contributed by atoms with Gasteiger partial charge in [0.25, 0.3) is 5.91 Å². The molecule has 0 unspecified atom stereocenters. The highest BCUT2D eigenvalue weighted by Crippen LogP contribution is 2.37. The van der Waals surface area contributed by atoms with Crippen LogP contribution in [0.1, 0.15) is 29.0 Å². The molecule has 0 spiro atoms. The maximum absolute atomic E-state index is 12.4. The van der Waals surface area contributed by atoms with Crippen LogP contribution in [0.25, 0.3) is 0 Å². The van der Waals surface area contributed by atoms with Crippen LogP contribution >= 0.6 is 0 Å². The second kappa shape index (κ2) is 6.63. The minimum Gasteiger partial charge on any atom is -0.467 e. The Morgan fingerprint density at radius 1 is 1.12 bits per heavy atom. The lowest BCUT2D eigenvalue weighted by Crippen LogP contribution is -2.50. The maximum Gasteiger partial charge on any atom is 0.318 e. The summed E-state index contributed by atoms with van der Waals surface area (Å²) in [5.74, 6) is 1.03. The van der Waals surface area contributed by atoms with E-state index in [0.717, 1.165) is 18.6 Å². The topological polar surface area (TPSA) is 74.6 Å². The summed E-state index contributed by atoms with van der Waals surface area (Å²) in [6, 6.07) is 13.2. The number of carbonyl (C=O) groups excluding carboxylic acids is 2. The van der Waals surface area contributed by atoms with Crippen molar-refractivity contribution in [2.24, 2.45) is 5.92 Å². The number of hydrogen-bond acceptors (Lipinski definition) is 3. The van der Waals surface area contributed by atoms with Crippen LogP contribution in [0.4, 0.5) is 4.79 Å². The summed E-state index contributed by atoms with van der Waals surface area (Å²) in [5, 5.41) is 6.03. The summed E-state index contributed by atoms with van der Waals surface area (Å²) in [5.41, 5.74) is 0.679. The molecule has 4 rings (SSSR count). The van der Waals surface area contributed by atoms with Gasteiger partial charge in [0.1, 0.15) is 5.76 Å². The predicted molar refractivity (Wildman–Crippen MR) is 91.9 cm³/mol. The number of furan rings is 1. The largest absolute Gasteiger partial charge is 0.467 e. The second-order valence-electron chi connectivity index (χ2n) is 6.72. The van der Waals surface area contributed by atoms with Crippen LogP contribution in [0, 0.1) is 5.92 Å². The maximum atomic E-state index is 12.4. The van der Waals surface area contributed by atoms with Crippen molar-refractivity contribution in [3.8, 4) is 0 Å². The molecule has 1 aliphatic carbocycles. The normalized spacial score (nSPS) is 24.3. The summed E-state index contributed by atoms with van der Waals surface area (Å²) < 4.78 is 5.23.